The van der Waals surface area contributed by atoms with Crippen LogP contribution in [0.5, 0.6) is 0 Å². The highest BCUT2D eigenvalue weighted by molar-refractivity contribution is 5.69. The number of hydrogen-bond donors (Lipinski definition) is 3. The molecule has 6 heteroatoms. The fourth-order valence-electron chi connectivity index (χ4n) is 1.60. The molecule has 0 spiro atoms. The number of carbonyl (C=O) groups excluding carboxylic acids is 1. The molecule has 2 aliphatic heterocycles. The van der Waals surface area contributed by atoms with Gasteiger partial charge < -0.3 is 25.2 Å². The van der Waals surface area contributed by atoms with Crippen LogP contribution in [0.2, 0.25) is 0 Å². The molecule has 2 aliphatic rings. The standard InChI is InChI=1S/C9H15NO2.C4H9NO2/c1-9(2,3)12-8(11)10-6-4-5-7-10;6-3-1-5-2-4(3)7/h4-5H,6-7H2,1-3H3;3-7H,1-2H2/t;3-,4+. The summed E-state index contributed by atoms with van der Waals surface area (Å²) in [6.45, 7) is 8.02. The van der Waals surface area contributed by atoms with Crippen molar-refractivity contribution in [3.8, 4) is 0 Å². The van der Waals surface area contributed by atoms with E-state index in [0.29, 0.717) is 26.2 Å². The molecule has 3 N–H and O–H groups in total. The van der Waals surface area contributed by atoms with Crippen molar-refractivity contribution in [1.29, 1.82) is 0 Å². The van der Waals surface area contributed by atoms with Crippen molar-refractivity contribution in [3.63, 3.8) is 0 Å². The van der Waals surface area contributed by atoms with Gasteiger partial charge in [0.2, 0.25) is 0 Å². The minimum Gasteiger partial charge on any atom is -0.444 e. The zero-order chi connectivity index (χ0) is 14.5. The smallest absolute Gasteiger partial charge is 0.410 e. The number of hydrogen-bond acceptors (Lipinski definition) is 5. The number of ether oxygens (including phenoxy) is 1. The maximum absolute atomic E-state index is 11.3. The highest BCUT2D eigenvalue weighted by atomic mass is 16.6. The molecule has 0 saturated carbocycles. The monoisotopic (exact) mass is 272 g/mol. The minimum absolute atomic E-state index is 0.229. The van der Waals surface area contributed by atoms with Crippen molar-refractivity contribution < 1.29 is 19.7 Å². The third kappa shape index (κ3) is 6.04. The molecule has 2 atom stereocenters. The van der Waals surface area contributed by atoms with Gasteiger partial charge in [-0.15, -0.1) is 0 Å². The Bertz CT molecular complexity index is 309. The van der Waals surface area contributed by atoms with Crippen LogP contribution in [0.25, 0.3) is 0 Å². The fourth-order valence-corrected chi connectivity index (χ4v) is 1.60. The van der Waals surface area contributed by atoms with Gasteiger partial charge in [-0.1, -0.05) is 12.2 Å². The molecule has 19 heavy (non-hydrogen) atoms. The summed E-state index contributed by atoms with van der Waals surface area (Å²) >= 11 is 0. The van der Waals surface area contributed by atoms with E-state index >= 15 is 0 Å². The average Bonchev–Trinajstić information content (AvgIpc) is 2.90. The van der Waals surface area contributed by atoms with Crippen molar-refractivity contribution in [2.45, 2.75) is 38.6 Å². The summed E-state index contributed by atoms with van der Waals surface area (Å²) in [5.41, 5.74) is -0.389. The summed E-state index contributed by atoms with van der Waals surface area (Å²) in [6, 6.07) is 0. The lowest BCUT2D eigenvalue weighted by molar-refractivity contribution is 0.0304. The lowest BCUT2D eigenvalue weighted by atomic mass is 10.2. The van der Waals surface area contributed by atoms with Crippen LogP contribution in [0.15, 0.2) is 12.2 Å². The van der Waals surface area contributed by atoms with Crippen LogP contribution in [0.4, 0.5) is 4.79 Å². The van der Waals surface area contributed by atoms with Gasteiger partial charge in [0.25, 0.3) is 0 Å². The van der Waals surface area contributed by atoms with Crippen LogP contribution >= 0.6 is 0 Å². The Kier molecular flexibility index (Phi) is 5.78. The number of aliphatic hydroxyl groups is 2. The van der Waals surface area contributed by atoms with E-state index in [1.165, 1.54) is 0 Å². The molecule has 0 radical (unpaired) electrons. The molecule has 2 heterocycles. The molecular weight excluding hydrogens is 248 g/mol. The molecule has 0 aromatic heterocycles. The quantitative estimate of drug-likeness (QED) is 0.545. The van der Waals surface area contributed by atoms with Gasteiger partial charge in [0.1, 0.15) is 5.60 Å². The Morgan fingerprint density at radius 3 is 2.00 bits per heavy atom. The summed E-state index contributed by atoms with van der Waals surface area (Å²) < 4.78 is 5.17. The number of rotatable bonds is 0. The first-order valence-electron chi connectivity index (χ1n) is 6.49. The molecule has 2 rings (SSSR count). The Morgan fingerprint density at radius 2 is 1.68 bits per heavy atom. The first kappa shape index (κ1) is 15.9. The van der Waals surface area contributed by atoms with Gasteiger partial charge in [0, 0.05) is 26.2 Å². The summed E-state index contributed by atoms with van der Waals surface area (Å²) in [5.74, 6) is 0. The predicted octanol–water partition coefficient (Wildman–Crippen LogP) is 0.105. The van der Waals surface area contributed by atoms with Gasteiger partial charge in [-0.3, -0.25) is 0 Å². The number of nitrogens with one attached hydrogen (secondary N) is 1. The summed E-state index contributed by atoms with van der Waals surface area (Å²) in [5, 5.41) is 20.2. The first-order chi connectivity index (χ1) is 8.79. The summed E-state index contributed by atoms with van der Waals surface area (Å²) in [7, 11) is 0. The lowest BCUT2D eigenvalue weighted by Crippen LogP contribution is -2.35. The maximum Gasteiger partial charge on any atom is 0.410 e. The topological polar surface area (TPSA) is 82.0 Å². The first-order valence-corrected chi connectivity index (χ1v) is 6.49. The number of aliphatic hydroxyl groups excluding tert-OH is 2. The van der Waals surface area contributed by atoms with E-state index in [0.717, 1.165) is 0 Å². The van der Waals surface area contributed by atoms with Crippen molar-refractivity contribution in [2.24, 2.45) is 0 Å². The molecule has 0 bridgehead atoms. The van der Waals surface area contributed by atoms with Crippen molar-refractivity contribution in [2.75, 3.05) is 26.2 Å². The molecule has 1 saturated heterocycles. The Labute approximate surface area is 114 Å². The number of amides is 1. The van der Waals surface area contributed by atoms with E-state index in [1.807, 2.05) is 32.9 Å². The van der Waals surface area contributed by atoms with Gasteiger partial charge in [0.05, 0.1) is 12.2 Å². The Hall–Kier alpha value is -1.11. The normalized spacial score (nSPS) is 26.1. The van der Waals surface area contributed by atoms with E-state index in [2.05, 4.69) is 5.32 Å². The third-order valence-electron chi connectivity index (χ3n) is 2.62. The van der Waals surface area contributed by atoms with Gasteiger partial charge in [-0.2, -0.15) is 0 Å². The highest BCUT2D eigenvalue weighted by Gasteiger charge is 2.22. The molecule has 1 amide bonds. The average molecular weight is 272 g/mol. The van der Waals surface area contributed by atoms with Crippen LogP contribution in [0.1, 0.15) is 20.8 Å². The molecule has 1 fully saturated rings. The molecule has 0 aromatic rings. The number of nitrogens with zero attached hydrogens (tertiary/aromatic N) is 1. The van der Waals surface area contributed by atoms with Crippen LogP contribution in [0, 0.1) is 0 Å². The Balaban J connectivity index is 0.000000218. The second-order valence-corrected chi connectivity index (χ2v) is 5.65. The second-order valence-electron chi connectivity index (χ2n) is 5.65. The number of β-amino-alcohol motifs (C(OH)–C–C–N with tert-alkyl or cyclic N) is 2. The van der Waals surface area contributed by atoms with E-state index in [4.69, 9.17) is 14.9 Å². The van der Waals surface area contributed by atoms with E-state index in [1.54, 1.807) is 4.90 Å². The van der Waals surface area contributed by atoms with Gasteiger partial charge in [-0.05, 0) is 20.8 Å². The van der Waals surface area contributed by atoms with E-state index < -0.39 is 12.2 Å². The highest BCUT2D eigenvalue weighted by Crippen LogP contribution is 2.11. The van der Waals surface area contributed by atoms with Crippen LogP contribution in [-0.4, -0.2) is 65.2 Å². The Morgan fingerprint density at radius 1 is 1.21 bits per heavy atom. The predicted molar refractivity (Wildman–Crippen MR) is 71.8 cm³/mol. The zero-order valence-corrected chi connectivity index (χ0v) is 11.8. The van der Waals surface area contributed by atoms with Crippen molar-refractivity contribution in [1.82, 2.24) is 10.2 Å². The minimum atomic E-state index is -0.542. The van der Waals surface area contributed by atoms with E-state index in [-0.39, 0.29) is 11.7 Å². The largest absolute Gasteiger partial charge is 0.444 e. The lowest BCUT2D eigenvalue weighted by Gasteiger charge is -2.23. The van der Waals surface area contributed by atoms with Crippen molar-refractivity contribution in [3.05, 3.63) is 12.2 Å². The van der Waals surface area contributed by atoms with Crippen molar-refractivity contribution >= 4 is 6.09 Å². The molecule has 0 aromatic carbocycles. The van der Waals surface area contributed by atoms with Crippen LogP contribution in [0.3, 0.4) is 0 Å². The fraction of sp³-hybridized carbons (Fsp3) is 0.769. The molecule has 110 valence electrons. The van der Waals surface area contributed by atoms with Gasteiger partial charge >= 0.3 is 6.09 Å². The molecule has 0 aliphatic carbocycles. The molecular formula is C13H24N2O4. The number of carbonyl (C=O) groups is 1. The maximum atomic E-state index is 11.3. The van der Waals surface area contributed by atoms with Gasteiger partial charge in [-0.25, -0.2) is 4.79 Å². The summed E-state index contributed by atoms with van der Waals surface area (Å²) in [6.07, 6.45) is 2.61. The zero-order valence-electron chi connectivity index (χ0n) is 11.8. The third-order valence-corrected chi connectivity index (χ3v) is 2.62. The van der Waals surface area contributed by atoms with E-state index in [9.17, 15) is 4.79 Å². The molecule has 6 nitrogen and oxygen atoms in total. The SMILES string of the molecule is CC(C)(C)OC(=O)N1CC=CC1.O[C@@H]1CNC[C@@H]1O. The summed E-state index contributed by atoms with van der Waals surface area (Å²) in [4.78, 5) is 13.0. The molecule has 0 unspecified atom stereocenters. The van der Waals surface area contributed by atoms with Gasteiger partial charge in [0.15, 0.2) is 0 Å². The van der Waals surface area contributed by atoms with Crippen LogP contribution < -0.4 is 5.32 Å². The second kappa shape index (κ2) is 6.88. The van der Waals surface area contributed by atoms with Crippen LogP contribution in [-0.2, 0) is 4.74 Å².